The standard InChI is InChI=1S/C10H19N3O/c1-3-5-9-11-10(13-12-9)6-8-14-7-4-2/h3-8H2,1-2H3,(H,11,12,13). The Balaban J connectivity index is 2.22. The summed E-state index contributed by atoms with van der Waals surface area (Å²) in [6, 6.07) is 0. The van der Waals surface area contributed by atoms with E-state index >= 15 is 0 Å². The van der Waals surface area contributed by atoms with Crippen LogP contribution in [0.3, 0.4) is 0 Å². The van der Waals surface area contributed by atoms with Gasteiger partial charge in [-0.15, -0.1) is 0 Å². The van der Waals surface area contributed by atoms with E-state index in [-0.39, 0.29) is 0 Å². The Bertz CT molecular complexity index is 247. The fraction of sp³-hybridized carbons (Fsp3) is 0.800. The number of rotatable bonds is 7. The lowest BCUT2D eigenvalue weighted by atomic mass is 10.3. The van der Waals surface area contributed by atoms with Gasteiger partial charge in [0.1, 0.15) is 5.82 Å². The van der Waals surface area contributed by atoms with Crippen molar-refractivity contribution in [3.05, 3.63) is 11.6 Å². The van der Waals surface area contributed by atoms with Crippen LogP contribution in [-0.2, 0) is 17.6 Å². The molecule has 1 aromatic heterocycles. The van der Waals surface area contributed by atoms with Gasteiger partial charge in [0, 0.05) is 19.4 Å². The molecule has 0 aliphatic carbocycles. The number of hydrogen-bond acceptors (Lipinski definition) is 3. The van der Waals surface area contributed by atoms with Crippen LogP contribution in [0.1, 0.15) is 38.3 Å². The van der Waals surface area contributed by atoms with Crippen molar-refractivity contribution in [2.24, 2.45) is 0 Å². The second-order valence-electron chi connectivity index (χ2n) is 3.31. The predicted molar refractivity (Wildman–Crippen MR) is 55.2 cm³/mol. The summed E-state index contributed by atoms with van der Waals surface area (Å²) >= 11 is 0. The van der Waals surface area contributed by atoms with E-state index in [1.54, 1.807) is 0 Å². The average Bonchev–Trinajstić information content (AvgIpc) is 2.61. The molecule has 0 saturated heterocycles. The lowest BCUT2D eigenvalue weighted by molar-refractivity contribution is 0.136. The molecule has 4 heteroatoms. The first-order chi connectivity index (χ1) is 6.86. The smallest absolute Gasteiger partial charge is 0.152 e. The third-order valence-corrected chi connectivity index (χ3v) is 1.88. The highest BCUT2D eigenvalue weighted by Crippen LogP contribution is 1.97. The second kappa shape index (κ2) is 6.54. The van der Waals surface area contributed by atoms with Gasteiger partial charge in [0.25, 0.3) is 0 Å². The summed E-state index contributed by atoms with van der Waals surface area (Å²) in [5.41, 5.74) is 0. The van der Waals surface area contributed by atoms with E-state index in [1.165, 1.54) is 0 Å². The number of ether oxygens (including phenoxy) is 1. The molecule has 4 nitrogen and oxygen atoms in total. The molecule has 0 radical (unpaired) electrons. The highest BCUT2D eigenvalue weighted by Gasteiger charge is 2.01. The Morgan fingerprint density at radius 1 is 1.14 bits per heavy atom. The number of nitrogens with zero attached hydrogens (tertiary/aromatic N) is 2. The van der Waals surface area contributed by atoms with Gasteiger partial charge in [-0.1, -0.05) is 13.8 Å². The molecule has 1 rings (SSSR count). The molecule has 0 spiro atoms. The second-order valence-corrected chi connectivity index (χ2v) is 3.31. The molecular weight excluding hydrogens is 178 g/mol. The number of H-pyrrole nitrogens is 1. The molecule has 0 saturated carbocycles. The molecule has 14 heavy (non-hydrogen) atoms. The molecule has 0 atom stereocenters. The third-order valence-electron chi connectivity index (χ3n) is 1.88. The molecule has 0 aliphatic heterocycles. The Labute approximate surface area is 85.1 Å². The highest BCUT2D eigenvalue weighted by atomic mass is 16.5. The number of aryl methyl sites for hydroxylation is 1. The van der Waals surface area contributed by atoms with Gasteiger partial charge in [0.2, 0.25) is 0 Å². The van der Waals surface area contributed by atoms with Crippen molar-refractivity contribution in [3.63, 3.8) is 0 Å². The molecule has 0 amide bonds. The van der Waals surface area contributed by atoms with Crippen molar-refractivity contribution >= 4 is 0 Å². The van der Waals surface area contributed by atoms with Crippen LogP contribution < -0.4 is 0 Å². The molecule has 0 bridgehead atoms. The topological polar surface area (TPSA) is 50.8 Å². The van der Waals surface area contributed by atoms with E-state index in [9.17, 15) is 0 Å². The van der Waals surface area contributed by atoms with Crippen LogP contribution in [0.4, 0.5) is 0 Å². The highest BCUT2D eigenvalue weighted by molar-refractivity contribution is 4.90. The summed E-state index contributed by atoms with van der Waals surface area (Å²) < 4.78 is 5.36. The quantitative estimate of drug-likeness (QED) is 0.677. The molecule has 0 aromatic carbocycles. The van der Waals surface area contributed by atoms with Gasteiger partial charge in [-0.05, 0) is 12.8 Å². The van der Waals surface area contributed by atoms with Crippen LogP contribution in [0.15, 0.2) is 0 Å². The van der Waals surface area contributed by atoms with Gasteiger partial charge in [-0.2, -0.15) is 5.10 Å². The maximum Gasteiger partial charge on any atom is 0.152 e. The summed E-state index contributed by atoms with van der Waals surface area (Å²) in [6.45, 7) is 5.78. The zero-order chi connectivity index (χ0) is 10.2. The lowest BCUT2D eigenvalue weighted by Gasteiger charge is -1.98. The minimum atomic E-state index is 0.720. The fourth-order valence-corrected chi connectivity index (χ4v) is 1.21. The van der Waals surface area contributed by atoms with Crippen LogP contribution in [0.5, 0.6) is 0 Å². The Hall–Kier alpha value is -0.900. The van der Waals surface area contributed by atoms with Crippen molar-refractivity contribution in [2.45, 2.75) is 39.5 Å². The molecule has 80 valence electrons. The Kier molecular flexibility index (Phi) is 5.22. The molecule has 1 heterocycles. The summed E-state index contributed by atoms with van der Waals surface area (Å²) in [7, 11) is 0. The average molecular weight is 197 g/mol. The zero-order valence-corrected chi connectivity index (χ0v) is 9.05. The molecule has 0 aliphatic rings. The first kappa shape index (κ1) is 11.2. The molecular formula is C10H19N3O. The monoisotopic (exact) mass is 197 g/mol. The van der Waals surface area contributed by atoms with Crippen LogP contribution in [-0.4, -0.2) is 28.4 Å². The summed E-state index contributed by atoms with van der Waals surface area (Å²) in [4.78, 5) is 4.35. The summed E-state index contributed by atoms with van der Waals surface area (Å²) in [5.74, 6) is 1.85. The maximum atomic E-state index is 5.36. The van der Waals surface area contributed by atoms with Gasteiger partial charge in [-0.3, -0.25) is 5.10 Å². The Morgan fingerprint density at radius 2 is 2.00 bits per heavy atom. The van der Waals surface area contributed by atoms with Gasteiger partial charge >= 0.3 is 0 Å². The van der Waals surface area contributed by atoms with Crippen LogP contribution in [0.2, 0.25) is 0 Å². The number of nitrogens with one attached hydrogen (secondary N) is 1. The minimum absolute atomic E-state index is 0.720. The largest absolute Gasteiger partial charge is 0.381 e. The normalized spacial score (nSPS) is 10.7. The van der Waals surface area contributed by atoms with E-state index in [0.717, 1.165) is 50.5 Å². The predicted octanol–water partition coefficient (Wildman–Crippen LogP) is 1.73. The SMILES string of the molecule is CCCOCCc1n[nH]c(CCC)n1. The summed E-state index contributed by atoms with van der Waals surface area (Å²) in [6.07, 6.45) is 3.94. The van der Waals surface area contributed by atoms with E-state index in [0.29, 0.717) is 0 Å². The maximum absolute atomic E-state index is 5.36. The van der Waals surface area contributed by atoms with Crippen LogP contribution in [0.25, 0.3) is 0 Å². The molecule has 1 N–H and O–H groups in total. The van der Waals surface area contributed by atoms with Crippen LogP contribution >= 0.6 is 0 Å². The van der Waals surface area contributed by atoms with Crippen molar-refractivity contribution in [3.8, 4) is 0 Å². The minimum Gasteiger partial charge on any atom is -0.381 e. The number of hydrogen-bond donors (Lipinski definition) is 1. The lowest BCUT2D eigenvalue weighted by Crippen LogP contribution is -2.00. The van der Waals surface area contributed by atoms with Crippen molar-refractivity contribution in [1.82, 2.24) is 15.2 Å². The third kappa shape index (κ3) is 3.87. The van der Waals surface area contributed by atoms with Crippen molar-refractivity contribution < 1.29 is 4.74 Å². The Morgan fingerprint density at radius 3 is 2.71 bits per heavy atom. The van der Waals surface area contributed by atoms with Crippen molar-refractivity contribution in [2.75, 3.05) is 13.2 Å². The van der Waals surface area contributed by atoms with Crippen LogP contribution in [0, 0.1) is 0 Å². The van der Waals surface area contributed by atoms with Gasteiger partial charge in [0.05, 0.1) is 6.61 Å². The van der Waals surface area contributed by atoms with Gasteiger partial charge < -0.3 is 4.74 Å². The van der Waals surface area contributed by atoms with Gasteiger partial charge in [0.15, 0.2) is 5.82 Å². The first-order valence-corrected chi connectivity index (χ1v) is 5.34. The van der Waals surface area contributed by atoms with Crippen molar-refractivity contribution in [1.29, 1.82) is 0 Å². The first-order valence-electron chi connectivity index (χ1n) is 5.34. The van der Waals surface area contributed by atoms with E-state index in [4.69, 9.17) is 4.74 Å². The number of aromatic amines is 1. The molecule has 1 aromatic rings. The van der Waals surface area contributed by atoms with Gasteiger partial charge in [-0.25, -0.2) is 4.98 Å². The summed E-state index contributed by atoms with van der Waals surface area (Å²) in [5, 5.41) is 7.05. The van der Waals surface area contributed by atoms with E-state index < -0.39 is 0 Å². The molecule has 0 fully saturated rings. The molecule has 0 unspecified atom stereocenters. The fourth-order valence-electron chi connectivity index (χ4n) is 1.21. The zero-order valence-electron chi connectivity index (χ0n) is 9.05. The number of aromatic nitrogens is 3. The van der Waals surface area contributed by atoms with E-state index in [2.05, 4.69) is 29.0 Å². The van der Waals surface area contributed by atoms with E-state index in [1.807, 2.05) is 0 Å².